The van der Waals surface area contributed by atoms with Crippen LogP contribution < -0.4 is 5.32 Å². The Morgan fingerprint density at radius 2 is 2.13 bits per heavy atom. The third-order valence-electron chi connectivity index (χ3n) is 3.66. The standard InChI is InChI=1S/C14H16ClFN2O4S/c1-18(10-4-5-23(21,22)8-10)14(20)7-13(19)17-9-2-3-12(16)11(15)6-9/h2-3,6,10H,4-5,7-8H2,1H3,(H,17,19). The summed E-state index contributed by atoms with van der Waals surface area (Å²) in [5.74, 6) is -1.69. The summed E-state index contributed by atoms with van der Waals surface area (Å²) in [6.07, 6.45) is -0.0538. The van der Waals surface area contributed by atoms with Crippen LogP contribution in [0, 0.1) is 5.82 Å². The second-order valence-electron chi connectivity index (χ2n) is 5.42. The molecule has 1 atom stereocenters. The molecule has 1 unspecified atom stereocenters. The molecule has 1 aromatic rings. The highest BCUT2D eigenvalue weighted by molar-refractivity contribution is 7.91. The van der Waals surface area contributed by atoms with Gasteiger partial charge in [-0.1, -0.05) is 11.6 Å². The van der Waals surface area contributed by atoms with Crippen LogP contribution in [0.15, 0.2) is 18.2 Å². The molecular weight excluding hydrogens is 347 g/mol. The van der Waals surface area contributed by atoms with Crippen molar-refractivity contribution in [3.63, 3.8) is 0 Å². The fourth-order valence-electron chi connectivity index (χ4n) is 2.33. The van der Waals surface area contributed by atoms with E-state index in [-0.39, 0.29) is 22.2 Å². The van der Waals surface area contributed by atoms with Crippen molar-refractivity contribution < 1.29 is 22.4 Å². The van der Waals surface area contributed by atoms with E-state index in [0.29, 0.717) is 6.42 Å². The molecule has 0 aliphatic carbocycles. The van der Waals surface area contributed by atoms with Crippen LogP contribution in [0.25, 0.3) is 0 Å². The smallest absolute Gasteiger partial charge is 0.233 e. The van der Waals surface area contributed by atoms with Crippen molar-refractivity contribution >= 4 is 38.9 Å². The van der Waals surface area contributed by atoms with E-state index in [1.165, 1.54) is 24.1 Å². The second-order valence-corrected chi connectivity index (χ2v) is 8.05. The summed E-state index contributed by atoms with van der Waals surface area (Å²) in [6.45, 7) is 0. The molecule has 1 saturated heterocycles. The first-order chi connectivity index (χ1) is 10.7. The molecule has 1 fully saturated rings. The molecule has 1 N–H and O–H groups in total. The van der Waals surface area contributed by atoms with Crippen molar-refractivity contribution in [3.05, 3.63) is 29.0 Å². The average molecular weight is 363 g/mol. The van der Waals surface area contributed by atoms with Gasteiger partial charge in [0.2, 0.25) is 11.8 Å². The van der Waals surface area contributed by atoms with Gasteiger partial charge in [0.05, 0.1) is 16.5 Å². The maximum absolute atomic E-state index is 13.0. The van der Waals surface area contributed by atoms with Crippen LogP contribution in [0.4, 0.5) is 10.1 Å². The second kappa shape index (κ2) is 6.84. The maximum atomic E-state index is 13.0. The Morgan fingerprint density at radius 3 is 2.70 bits per heavy atom. The number of nitrogens with zero attached hydrogens (tertiary/aromatic N) is 1. The van der Waals surface area contributed by atoms with Crippen molar-refractivity contribution in [2.24, 2.45) is 0 Å². The lowest BCUT2D eigenvalue weighted by molar-refractivity contribution is -0.134. The molecule has 0 radical (unpaired) electrons. The highest BCUT2D eigenvalue weighted by atomic mass is 35.5. The molecule has 1 heterocycles. The van der Waals surface area contributed by atoms with Gasteiger partial charge in [-0.25, -0.2) is 12.8 Å². The minimum absolute atomic E-state index is 0.0512. The molecule has 0 aromatic heterocycles. The van der Waals surface area contributed by atoms with Crippen LogP contribution in [0.2, 0.25) is 5.02 Å². The summed E-state index contributed by atoms with van der Waals surface area (Å²) in [6, 6.07) is 3.28. The van der Waals surface area contributed by atoms with Crippen LogP contribution in [0.1, 0.15) is 12.8 Å². The van der Waals surface area contributed by atoms with Crippen molar-refractivity contribution in [1.82, 2.24) is 4.90 Å². The molecule has 6 nitrogen and oxygen atoms in total. The van der Waals surface area contributed by atoms with E-state index >= 15 is 0 Å². The highest BCUT2D eigenvalue weighted by Gasteiger charge is 2.33. The minimum Gasteiger partial charge on any atom is -0.341 e. The van der Waals surface area contributed by atoms with Gasteiger partial charge in [0.25, 0.3) is 0 Å². The summed E-state index contributed by atoms with van der Waals surface area (Å²) in [4.78, 5) is 25.2. The third kappa shape index (κ3) is 4.65. The first kappa shape index (κ1) is 17.7. The summed E-state index contributed by atoms with van der Waals surface area (Å²) in [7, 11) is -1.62. The van der Waals surface area contributed by atoms with Crippen molar-refractivity contribution in [3.8, 4) is 0 Å². The van der Waals surface area contributed by atoms with Gasteiger partial charge in [-0.2, -0.15) is 0 Å². The fourth-order valence-corrected chi connectivity index (χ4v) is 4.28. The zero-order chi connectivity index (χ0) is 17.2. The molecule has 23 heavy (non-hydrogen) atoms. The van der Waals surface area contributed by atoms with Gasteiger partial charge >= 0.3 is 0 Å². The molecule has 126 valence electrons. The van der Waals surface area contributed by atoms with Crippen LogP contribution in [-0.2, 0) is 19.4 Å². The van der Waals surface area contributed by atoms with Crippen LogP contribution >= 0.6 is 11.6 Å². The number of amides is 2. The number of benzene rings is 1. The van der Waals surface area contributed by atoms with E-state index in [2.05, 4.69) is 5.32 Å². The Hall–Kier alpha value is -1.67. The lowest BCUT2D eigenvalue weighted by Crippen LogP contribution is -2.39. The number of hydrogen-bond donors (Lipinski definition) is 1. The van der Waals surface area contributed by atoms with E-state index in [9.17, 15) is 22.4 Å². The molecule has 0 saturated carbocycles. The summed E-state index contributed by atoms with van der Waals surface area (Å²) < 4.78 is 35.9. The summed E-state index contributed by atoms with van der Waals surface area (Å²) in [5, 5.41) is 2.31. The van der Waals surface area contributed by atoms with Gasteiger partial charge in [-0.3, -0.25) is 9.59 Å². The molecular formula is C14H16ClFN2O4S. The fraction of sp³-hybridized carbons (Fsp3) is 0.429. The van der Waals surface area contributed by atoms with Crippen molar-refractivity contribution in [2.45, 2.75) is 18.9 Å². The zero-order valence-corrected chi connectivity index (χ0v) is 14.0. The monoisotopic (exact) mass is 362 g/mol. The largest absolute Gasteiger partial charge is 0.341 e. The van der Waals surface area contributed by atoms with E-state index < -0.39 is 39.9 Å². The number of rotatable bonds is 4. The predicted octanol–water partition coefficient (Wildman–Crippen LogP) is 1.45. The topological polar surface area (TPSA) is 83.6 Å². The Balaban J connectivity index is 1.91. The molecule has 2 rings (SSSR count). The minimum atomic E-state index is -3.10. The van der Waals surface area contributed by atoms with Crippen LogP contribution in [0.3, 0.4) is 0 Å². The molecule has 1 aromatic carbocycles. The van der Waals surface area contributed by atoms with E-state index in [0.717, 1.165) is 6.07 Å². The van der Waals surface area contributed by atoms with E-state index in [1.807, 2.05) is 0 Å². The Kier molecular flexibility index (Phi) is 5.26. The molecule has 1 aliphatic heterocycles. The Labute approximate surface area is 138 Å². The van der Waals surface area contributed by atoms with Gasteiger partial charge in [0.15, 0.2) is 9.84 Å². The average Bonchev–Trinajstić information content (AvgIpc) is 2.82. The zero-order valence-electron chi connectivity index (χ0n) is 12.4. The lowest BCUT2D eigenvalue weighted by Gasteiger charge is -2.23. The number of hydrogen-bond acceptors (Lipinski definition) is 4. The van der Waals surface area contributed by atoms with Crippen molar-refractivity contribution in [2.75, 3.05) is 23.9 Å². The maximum Gasteiger partial charge on any atom is 0.233 e. The van der Waals surface area contributed by atoms with Gasteiger partial charge in [-0.05, 0) is 24.6 Å². The van der Waals surface area contributed by atoms with Gasteiger partial charge in [0, 0.05) is 18.8 Å². The van der Waals surface area contributed by atoms with E-state index in [1.54, 1.807) is 0 Å². The van der Waals surface area contributed by atoms with Gasteiger partial charge in [-0.15, -0.1) is 0 Å². The van der Waals surface area contributed by atoms with Gasteiger partial charge in [0.1, 0.15) is 12.2 Å². The SMILES string of the molecule is CN(C(=O)CC(=O)Nc1ccc(F)c(Cl)c1)C1CCS(=O)(=O)C1. The Morgan fingerprint density at radius 1 is 1.43 bits per heavy atom. The van der Waals surface area contributed by atoms with E-state index in [4.69, 9.17) is 11.6 Å². The molecule has 9 heteroatoms. The number of carbonyl (C=O) groups excluding carboxylic acids is 2. The Bertz CT molecular complexity index is 738. The first-order valence-electron chi connectivity index (χ1n) is 6.89. The normalized spacial score (nSPS) is 19.3. The number of nitrogens with one attached hydrogen (secondary N) is 1. The number of anilines is 1. The van der Waals surface area contributed by atoms with Crippen molar-refractivity contribution in [1.29, 1.82) is 0 Å². The number of carbonyl (C=O) groups is 2. The molecule has 2 amide bonds. The number of halogens is 2. The summed E-state index contributed by atoms with van der Waals surface area (Å²) in [5.41, 5.74) is 0.278. The number of sulfone groups is 1. The third-order valence-corrected chi connectivity index (χ3v) is 5.70. The predicted molar refractivity (Wildman–Crippen MR) is 84.5 cm³/mol. The molecule has 0 bridgehead atoms. The quantitative estimate of drug-likeness (QED) is 0.822. The lowest BCUT2D eigenvalue weighted by atomic mass is 10.2. The molecule has 1 aliphatic rings. The van der Waals surface area contributed by atoms with Crippen LogP contribution in [-0.4, -0.2) is 49.7 Å². The van der Waals surface area contributed by atoms with Gasteiger partial charge < -0.3 is 10.2 Å². The highest BCUT2D eigenvalue weighted by Crippen LogP contribution is 2.20. The first-order valence-corrected chi connectivity index (χ1v) is 9.09. The molecule has 0 spiro atoms. The summed E-state index contributed by atoms with van der Waals surface area (Å²) >= 11 is 5.61. The van der Waals surface area contributed by atoms with Crippen LogP contribution in [0.5, 0.6) is 0 Å².